The van der Waals surface area contributed by atoms with Crippen molar-refractivity contribution in [2.24, 2.45) is 13.0 Å². The summed E-state index contributed by atoms with van der Waals surface area (Å²) in [7, 11) is 1.85. The summed E-state index contributed by atoms with van der Waals surface area (Å²) >= 11 is 1.65. The van der Waals surface area contributed by atoms with Crippen LogP contribution in [-0.4, -0.2) is 33.2 Å². The topological polar surface area (TPSA) is 80.3 Å². The van der Waals surface area contributed by atoms with Crippen molar-refractivity contribution in [2.45, 2.75) is 30.7 Å². The number of hydrogen-bond donors (Lipinski definition) is 2. The lowest BCUT2D eigenvalue weighted by Crippen LogP contribution is -2.41. The molecule has 2 aromatic rings. The first kappa shape index (κ1) is 16.1. The number of aliphatic hydroxyl groups excluding tert-OH is 1. The maximum Gasteiger partial charge on any atom is 0.287 e. The molecular formula is C16H21N3O3S. The largest absolute Gasteiger partial charge is 0.455 e. The fourth-order valence-electron chi connectivity index (χ4n) is 2.91. The van der Waals surface area contributed by atoms with Crippen molar-refractivity contribution in [2.75, 3.05) is 6.26 Å². The summed E-state index contributed by atoms with van der Waals surface area (Å²) in [6, 6.07) is 3.38. The van der Waals surface area contributed by atoms with Crippen LogP contribution < -0.4 is 5.32 Å². The molecule has 0 saturated heterocycles. The molecule has 7 heteroatoms. The molecule has 1 aliphatic carbocycles. The van der Waals surface area contributed by atoms with Crippen LogP contribution in [0.15, 0.2) is 28.9 Å². The first-order valence-corrected chi connectivity index (χ1v) is 9.01. The summed E-state index contributed by atoms with van der Waals surface area (Å²) in [4.78, 5) is 12.5. The van der Waals surface area contributed by atoms with Crippen LogP contribution in [0.2, 0.25) is 0 Å². The number of aromatic nitrogens is 2. The van der Waals surface area contributed by atoms with Gasteiger partial charge in [-0.3, -0.25) is 9.48 Å². The molecule has 1 atom stereocenters. The highest BCUT2D eigenvalue weighted by Gasteiger charge is 2.36. The lowest BCUT2D eigenvalue weighted by Gasteiger charge is -2.37. The van der Waals surface area contributed by atoms with Gasteiger partial charge in [0.25, 0.3) is 5.91 Å². The number of furan rings is 1. The molecule has 1 fully saturated rings. The van der Waals surface area contributed by atoms with Crippen LogP contribution in [0.5, 0.6) is 0 Å². The molecule has 1 amide bonds. The minimum atomic E-state index is -0.270. The Hall–Kier alpha value is -1.73. The van der Waals surface area contributed by atoms with Gasteiger partial charge in [-0.15, -0.1) is 0 Å². The van der Waals surface area contributed by atoms with E-state index in [1.54, 1.807) is 28.7 Å². The third-order valence-corrected chi connectivity index (χ3v) is 4.74. The Bertz CT molecular complexity index is 676. The number of aryl methyl sites for hydroxylation is 1. The molecule has 0 spiro atoms. The fourth-order valence-corrected chi connectivity index (χ4v) is 3.35. The Balaban J connectivity index is 1.73. The van der Waals surface area contributed by atoms with Crippen LogP contribution in [0.1, 0.15) is 40.8 Å². The number of amides is 1. The number of rotatable bonds is 6. The summed E-state index contributed by atoms with van der Waals surface area (Å²) in [5.74, 6) is 1.85. The van der Waals surface area contributed by atoms with Gasteiger partial charge >= 0.3 is 0 Å². The van der Waals surface area contributed by atoms with Crippen molar-refractivity contribution in [3.63, 3.8) is 0 Å². The van der Waals surface area contributed by atoms with Crippen molar-refractivity contribution in [3.8, 4) is 0 Å². The minimum absolute atomic E-state index is 0.159. The molecular weight excluding hydrogens is 314 g/mol. The first-order valence-electron chi connectivity index (χ1n) is 7.62. The van der Waals surface area contributed by atoms with Crippen LogP contribution in [0.3, 0.4) is 0 Å². The van der Waals surface area contributed by atoms with Gasteiger partial charge in [-0.2, -0.15) is 16.9 Å². The van der Waals surface area contributed by atoms with Crippen LogP contribution >= 0.6 is 11.8 Å². The van der Waals surface area contributed by atoms with Crippen LogP contribution in [0, 0.1) is 5.92 Å². The van der Waals surface area contributed by atoms with Gasteiger partial charge in [0.1, 0.15) is 5.76 Å². The van der Waals surface area contributed by atoms with Gasteiger partial charge in [-0.25, -0.2) is 0 Å². The van der Waals surface area contributed by atoms with E-state index < -0.39 is 0 Å². The quantitative estimate of drug-likeness (QED) is 0.845. The van der Waals surface area contributed by atoms with Gasteiger partial charge in [0.05, 0.1) is 24.1 Å². The fraction of sp³-hybridized carbons (Fsp3) is 0.500. The number of carbonyl (C=O) groups is 1. The summed E-state index contributed by atoms with van der Waals surface area (Å²) < 4.78 is 7.29. The third kappa shape index (κ3) is 3.61. The zero-order chi connectivity index (χ0) is 16.4. The van der Waals surface area contributed by atoms with E-state index >= 15 is 0 Å². The Kier molecular flexibility index (Phi) is 4.77. The molecule has 23 heavy (non-hydrogen) atoms. The van der Waals surface area contributed by atoms with Crippen molar-refractivity contribution in [1.29, 1.82) is 0 Å². The lowest BCUT2D eigenvalue weighted by molar-refractivity contribution is 0.0232. The van der Waals surface area contributed by atoms with Gasteiger partial charge in [-0.05, 0) is 37.1 Å². The molecule has 0 unspecified atom stereocenters. The maximum atomic E-state index is 12.5. The molecule has 2 N–H and O–H groups in total. The average Bonchev–Trinajstić information content (AvgIpc) is 3.11. The molecule has 2 aromatic heterocycles. The second-order valence-electron chi connectivity index (χ2n) is 5.98. The smallest absolute Gasteiger partial charge is 0.287 e. The van der Waals surface area contributed by atoms with E-state index in [4.69, 9.17) is 4.42 Å². The van der Waals surface area contributed by atoms with E-state index in [0.29, 0.717) is 18.6 Å². The molecule has 6 nitrogen and oxygen atoms in total. The average molecular weight is 335 g/mol. The predicted octanol–water partition coefficient (Wildman–Crippen LogP) is 2.12. The Labute approximate surface area is 139 Å². The molecule has 0 radical (unpaired) electrons. The van der Waals surface area contributed by atoms with Crippen molar-refractivity contribution in [1.82, 2.24) is 15.1 Å². The molecule has 0 aliphatic heterocycles. The molecule has 2 heterocycles. The zero-order valence-electron chi connectivity index (χ0n) is 13.2. The highest BCUT2D eigenvalue weighted by molar-refractivity contribution is 7.97. The van der Waals surface area contributed by atoms with E-state index in [-0.39, 0.29) is 24.0 Å². The van der Waals surface area contributed by atoms with Crippen LogP contribution in [0.4, 0.5) is 0 Å². The van der Waals surface area contributed by atoms with Crippen LogP contribution in [0.25, 0.3) is 0 Å². The van der Waals surface area contributed by atoms with Crippen molar-refractivity contribution < 1.29 is 14.3 Å². The highest BCUT2D eigenvalue weighted by atomic mass is 32.2. The Morgan fingerprint density at radius 3 is 2.96 bits per heavy atom. The molecule has 0 aromatic carbocycles. The van der Waals surface area contributed by atoms with Crippen LogP contribution in [-0.2, 0) is 12.8 Å². The standard InChI is InChI=1S/C16H21N3O3S/c1-19-8-11(7-17-19)15(10-5-12(20)6-10)18-16(21)14-4-3-13(22-14)9-23-2/h3-4,7-8,10,12,15,20H,5-6,9H2,1-2H3,(H,18,21)/t10?,12?,15-/m0/s1. The number of nitrogens with one attached hydrogen (secondary N) is 1. The minimum Gasteiger partial charge on any atom is -0.455 e. The molecule has 1 aliphatic rings. The molecule has 0 bridgehead atoms. The van der Waals surface area contributed by atoms with E-state index in [2.05, 4.69) is 10.4 Å². The second-order valence-corrected chi connectivity index (χ2v) is 6.85. The zero-order valence-corrected chi connectivity index (χ0v) is 14.0. The number of hydrogen-bond acceptors (Lipinski definition) is 5. The number of aliphatic hydroxyl groups is 1. The third-order valence-electron chi connectivity index (χ3n) is 4.16. The number of nitrogens with zero attached hydrogens (tertiary/aromatic N) is 2. The van der Waals surface area contributed by atoms with Gasteiger partial charge in [0.15, 0.2) is 5.76 Å². The predicted molar refractivity (Wildman–Crippen MR) is 88.1 cm³/mol. The van der Waals surface area contributed by atoms with E-state index in [1.165, 1.54) is 0 Å². The molecule has 3 rings (SSSR count). The maximum absolute atomic E-state index is 12.5. The number of thioether (sulfide) groups is 1. The van der Waals surface area contributed by atoms with Gasteiger partial charge in [0, 0.05) is 18.8 Å². The van der Waals surface area contributed by atoms with Gasteiger partial charge in [0.2, 0.25) is 0 Å². The Morgan fingerprint density at radius 1 is 1.57 bits per heavy atom. The van der Waals surface area contributed by atoms with E-state index in [9.17, 15) is 9.90 Å². The molecule has 124 valence electrons. The first-order chi connectivity index (χ1) is 11.1. The van der Waals surface area contributed by atoms with Crippen molar-refractivity contribution in [3.05, 3.63) is 41.6 Å². The lowest BCUT2D eigenvalue weighted by atomic mass is 9.75. The summed E-state index contributed by atoms with van der Waals surface area (Å²) in [6.07, 6.45) is 6.76. The summed E-state index contributed by atoms with van der Waals surface area (Å²) in [5, 5.41) is 16.8. The monoisotopic (exact) mass is 335 g/mol. The van der Waals surface area contributed by atoms with E-state index in [1.807, 2.05) is 25.6 Å². The second kappa shape index (κ2) is 6.80. The number of carbonyl (C=O) groups excluding carboxylic acids is 1. The summed E-state index contributed by atoms with van der Waals surface area (Å²) in [6.45, 7) is 0. The van der Waals surface area contributed by atoms with Gasteiger partial charge in [-0.1, -0.05) is 0 Å². The van der Waals surface area contributed by atoms with E-state index in [0.717, 1.165) is 17.1 Å². The SMILES string of the molecule is CSCc1ccc(C(=O)N[C@H](c2cnn(C)c2)C2CC(O)C2)o1. The summed E-state index contributed by atoms with van der Waals surface area (Å²) in [5.41, 5.74) is 0.952. The highest BCUT2D eigenvalue weighted by Crippen LogP contribution is 2.38. The molecule has 1 saturated carbocycles. The van der Waals surface area contributed by atoms with Gasteiger partial charge < -0.3 is 14.8 Å². The Morgan fingerprint density at radius 2 is 2.35 bits per heavy atom. The normalized spacial score (nSPS) is 21.7. The van der Waals surface area contributed by atoms with Crippen molar-refractivity contribution >= 4 is 17.7 Å².